The van der Waals surface area contributed by atoms with Gasteiger partial charge in [0.2, 0.25) is 11.8 Å². The molecule has 0 aliphatic carbocycles. The number of nitrogens with zero attached hydrogens (tertiary/aromatic N) is 9. The first-order valence-electron chi connectivity index (χ1n) is 22.9. The van der Waals surface area contributed by atoms with Gasteiger partial charge in [0.1, 0.15) is 17.7 Å². The summed E-state index contributed by atoms with van der Waals surface area (Å²) in [4.78, 5) is 79.2. The van der Waals surface area contributed by atoms with Crippen LogP contribution in [0.15, 0.2) is 84.5 Å². The molecule has 3 fully saturated rings. The Balaban J connectivity index is 0.702. The van der Waals surface area contributed by atoms with E-state index < -0.39 is 35.5 Å². The number of aromatic nitrogens is 5. The number of piperazine rings is 1. The minimum absolute atomic E-state index is 0.111. The van der Waals surface area contributed by atoms with Crippen LogP contribution in [0.2, 0.25) is 0 Å². The van der Waals surface area contributed by atoms with Gasteiger partial charge in [0, 0.05) is 90.9 Å². The van der Waals surface area contributed by atoms with Crippen LogP contribution in [0.1, 0.15) is 58.3 Å². The first kappa shape index (κ1) is 44.0. The molecular formula is C49H46F2N12O5S. The zero-order valence-electron chi connectivity index (χ0n) is 37.5. The number of imide groups is 1. The normalized spacial score (nSPS) is 17.5. The topological polar surface area (TPSA) is 185 Å². The summed E-state index contributed by atoms with van der Waals surface area (Å²) in [5.74, 6) is -1.72. The second-order valence-electron chi connectivity index (χ2n) is 17.9. The number of likely N-dealkylation sites (tertiary alicyclic amines) is 1. The largest absolute Gasteiger partial charge is 0.368 e. The van der Waals surface area contributed by atoms with E-state index in [4.69, 9.17) is 0 Å². The number of halogens is 2. The zero-order valence-corrected chi connectivity index (χ0v) is 38.3. The lowest BCUT2D eigenvalue weighted by Crippen LogP contribution is -2.51. The van der Waals surface area contributed by atoms with Crippen LogP contribution in [0.5, 0.6) is 0 Å². The van der Waals surface area contributed by atoms with Crippen LogP contribution < -0.4 is 20.4 Å². The molecule has 4 aliphatic heterocycles. The molecule has 17 nitrogen and oxygen atoms in total. The van der Waals surface area contributed by atoms with E-state index in [0.717, 1.165) is 42.5 Å². The van der Waals surface area contributed by atoms with Gasteiger partial charge in [0.15, 0.2) is 10.9 Å². The number of nitrogens with one attached hydrogen (secondary N) is 3. The van der Waals surface area contributed by atoms with E-state index in [1.165, 1.54) is 57.3 Å². The summed E-state index contributed by atoms with van der Waals surface area (Å²) in [6.45, 7) is 4.50. The van der Waals surface area contributed by atoms with E-state index in [2.05, 4.69) is 52.8 Å². The highest BCUT2D eigenvalue weighted by Gasteiger charge is 2.41. The summed E-state index contributed by atoms with van der Waals surface area (Å²) in [6.07, 6.45) is 5.01. The monoisotopic (exact) mass is 952 g/mol. The number of aryl methyl sites for hydroxylation is 1. The van der Waals surface area contributed by atoms with Crippen molar-refractivity contribution in [2.45, 2.75) is 37.8 Å². The number of carbonyl (C=O) groups excluding carboxylic acids is 5. The van der Waals surface area contributed by atoms with Crippen molar-refractivity contribution in [1.29, 1.82) is 0 Å². The predicted molar refractivity (Wildman–Crippen MR) is 255 cm³/mol. The van der Waals surface area contributed by atoms with E-state index in [0.29, 0.717) is 71.6 Å². The first-order chi connectivity index (χ1) is 33.4. The SMILES string of the molecule is Cn1nc(N2CCC(=O)NC2=O)c2ccc(C3CCN(CC(=O)N4CCN(c5ccc(-c6cc(F)c7c(c6)C(=O)N(C(C(=O)Nc6nccs6)c6cc(F)cc8cn[nH]c68)C7)cc5)CC4)CC3)cc21. The fraction of sp³-hybridized carbons (Fsp3) is 0.306. The van der Waals surface area contributed by atoms with Crippen molar-refractivity contribution >= 4 is 79.4 Å². The maximum absolute atomic E-state index is 16.0. The van der Waals surface area contributed by atoms with Crippen LogP contribution in [-0.2, 0) is 28.0 Å². The number of aromatic amines is 1. The number of H-pyrrole nitrogens is 1. The molecule has 4 aromatic carbocycles. The number of hydrogen-bond acceptors (Lipinski definition) is 11. The third-order valence-corrected chi connectivity index (χ3v) is 14.5. The second-order valence-corrected chi connectivity index (χ2v) is 18.8. The minimum atomic E-state index is -1.34. The van der Waals surface area contributed by atoms with Gasteiger partial charge in [0.05, 0.1) is 30.3 Å². The molecule has 4 aliphatic rings. The van der Waals surface area contributed by atoms with Gasteiger partial charge in [-0.2, -0.15) is 10.2 Å². The Morgan fingerprint density at radius 2 is 1.71 bits per heavy atom. The maximum Gasteiger partial charge on any atom is 0.329 e. The standard InChI is InChI=1S/C49H46F2N12O5S/c1-58-40-23-30(4-7-35(40)45(57-58)62-14-10-41(64)54-49(62)68)29-8-12-59(13-9-29)27-42(65)61-17-15-60(16-18-61)34-5-2-28(3-6-34)31-21-36-38(39(51)22-31)26-63(47(36)67)44(46(66)55-48-52-11-19-69-48)37-24-33(50)20-32-25-53-56-43(32)37/h2-7,11,19-25,29,44H,8-10,12-18,26-27H2,1H3,(H,53,56)(H,52,55,66)(H,54,64,68). The smallest absolute Gasteiger partial charge is 0.329 e. The Morgan fingerprint density at radius 1 is 0.913 bits per heavy atom. The highest BCUT2D eigenvalue weighted by atomic mass is 32.1. The minimum Gasteiger partial charge on any atom is -0.368 e. The number of carbonyl (C=O) groups is 5. The lowest BCUT2D eigenvalue weighted by molar-refractivity contribution is -0.133. The van der Waals surface area contributed by atoms with Crippen LogP contribution in [0.25, 0.3) is 32.9 Å². The van der Waals surface area contributed by atoms with Crippen LogP contribution in [0, 0.1) is 11.6 Å². The third kappa shape index (κ3) is 8.32. The van der Waals surface area contributed by atoms with E-state index in [1.54, 1.807) is 16.1 Å². The molecular weight excluding hydrogens is 907 g/mol. The number of rotatable bonds is 10. The molecule has 352 valence electrons. The van der Waals surface area contributed by atoms with E-state index in [9.17, 15) is 28.4 Å². The molecule has 69 heavy (non-hydrogen) atoms. The van der Waals surface area contributed by atoms with Gasteiger partial charge < -0.3 is 14.7 Å². The fourth-order valence-corrected chi connectivity index (χ4v) is 10.7. The van der Waals surface area contributed by atoms with Crippen molar-refractivity contribution in [1.82, 2.24) is 45.0 Å². The molecule has 3 saturated heterocycles. The third-order valence-electron chi connectivity index (χ3n) is 13.9. The van der Waals surface area contributed by atoms with E-state index in [-0.39, 0.29) is 48.0 Å². The summed E-state index contributed by atoms with van der Waals surface area (Å²) >= 11 is 1.19. The molecule has 3 N–H and O–H groups in total. The summed E-state index contributed by atoms with van der Waals surface area (Å²) in [5.41, 5.74) is 5.08. The van der Waals surface area contributed by atoms with Crippen LogP contribution in [0.3, 0.4) is 0 Å². The van der Waals surface area contributed by atoms with Crippen LogP contribution in [-0.4, -0.2) is 122 Å². The molecule has 3 aromatic heterocycles. The Morgan fingerprint density at radius 3 is 2.46 bits per heavy atom. The molecule has 20 heteroatoms. The Kier molecular flexibility index (Phi) is 11.4. The number of piperidine rings is 1. The maximum atomic E-state index is 16.0. The Hall–Kier alpha value is -7.58. The van der Waals surface area contributed by atoms with Crippen molar-refractivity contribution in [3.05, 3.63) is 118 Å². The van der Waals surface area contributed by atoms with E-state index >= 15 is 4.39 Å². The summed E-state index contributed by atoms with van der Waals surface area (Å²) < 4.78 is 32.8. The highest BCUT2D eigenvalue weighted by molar-refractivity contribution is 7.13. The van der Waals surface area contributed by atoms with Crippen LogP contribution in [0.4, 0.5) is 30.2 Å². The molecule has 0 radical (unpaired) electrons. The molecule has 0 bridgehead atoms. The summed E-state index contributed by atoms with van der Waals surface area (Å²) in [7, 11) is 1.86. The Labute approximate surface area is 397 Å². The van der Waals surface area contributed by atoms with Crippen molar-refractivity contribution < 1.29 is 32.8 Å². The number of amides is 6. The zero-order chi connectivity index (χ0) is 47.5. The fourth-order valence-electron chi connectivity index (χ4n) is 10.2. The number of urea groups is 1. The number of hydrogen-bond donors (Lipinski definition) is 3. The van der Waals surface area contributed by atoms with Crippen molar-refractivity contribution in [2.75, 3.05) is 67.5 Å². The van der Waals surface area contributed by atoms with Crippen molar-refractivity contribution in [3.63, 3.8) is 0 Å². The molecule has 1 unspecified atom stereocenters. The van der Waals surface area contributed by atoms with Crippen molar-refractivity contribution in [2.24, 2.45) is 7.05 Å². The second kappa shape index (κ2) is 17.8. The predicted octanol–water partition coefficient (Wildman–Crippen LogP) is 6.16. The van der Waals surface area contributed by atoms with Gasteiger partial charge in [-0.25, -0.2) is 18.6 Å². The van der Waals surface area contributed by atoms with Gasteiger partial charge in [0.25, 0.3) is 11.8 Å². The summed E-state index contributed by atoms with van der Waals surface area (Å²) in [5, 5.41) is 19.8. The lowest BCUT2D eigenvalue weighted by Gasteiger charge is -2.38. The van der Waals surface area contributed by atoms with Gasteiger partial charge in [-0.15, -0.1) is 11.3 Å². The Bertz CT molecular complexity index is 3180. The summed E-state index contributed by atoms with van der Waals surface area (Å²) in [6, 6.07) is 17.6. The average molecular weight is 953 g/mol. The van der Waals surface area contributed by atoms with Gasteiger partial charge in [-0.1, -0.05) is 18.2 Å². The molecule has 1 atom stereocenters. The first-order valence-corrected chi connectivity index (χ1v) is 23.7. The molecule has 11 rings (SSSR count). The molecule has 7 aromatic rings. The molecule has 0 spiro atoms. The van der Waals surface area contributed by atoms with Crippen molar-refractivity contribution in [3.8, 4) is 11.1 Å². The molecule has 6 amide bonds. The lowest BCUT2D eigenvalue weighted by atomic mass is 9.89. The van der Waals surface area contributed by atoms with Crippen LogP contribution >= 0.6 is 11.3 Å². The quantitative estimate of drug-likeness (QED) is 0.144. The molecule has 7 heterocycles. The molecule has 0 saturated carbocycles. The number of benzene rings is 4. The van der Waals surface area contributed by atoms with E-state index in [1.807, 2.05) is 42.3 Å². The van der Waals surface area contributed by atoms with Gasteiger partial charge >= 0.3 is 6.03 Å². The number of thiazole rings is 1. The average Bonchev–Trinajstić information content (AvgIpc) is 4.17. The highest BCUT2D eigenvalue weighted by Crippen LogP contribution is 2.39. The van der Waals surface area contributed by atoms with Gasteiger partial charge in [-0.05, 0) is 97.1 Å². The number of anilines is 3. The number of fused-ring (bicyclic) bond motifs is 3. The van der Waals surface area contributed by atoms with Gasteiger partial charge in [-0.3, -0.25) is 49.4 Å².